The highest BCUT2D eigenvalue weighted by Crippen LogP contribution is 2.06. The highest BCUT2D eigenvalue weighted by atomic mass is 32.1. The molecule has 0 aromatic carbocycles. The zero-order valence-electron chi connectivity index (χ0n) is 6.10. The Bertz CT molecular complexity index is 250. The van der Waals surface area contributed by atoms with E-state index in [2.05, 4.69) is 15.5 Å². The van der Waals surface area contributed by atoms with Crippen molar-refractivity contribution < 1.29 is 9.90 Å². The summed E-state index contributed by atoms with van der Waals surface area (Å²) >= 11 is 1.28. The first kappa shape index (κ1) is 8.88. The van der Waals surface area contributed by atoms with Crippen molar-refractivity contribution in [2.75, 3.05) is 11.9 Å². The molecular formula is C5H8N4O2S. The lowest BCUT2D eigenvalue weighted by Crippen LogP contribution is -2.34. The Hall–Kier alpha value is -1.21. The van der Waals surface area contributed by atoms with Crippen LogP contribution in [0.3, 0.4) is 0 Å². The first-order valence-corrected chi connectivity index (χ1v) is 4.05. The number of hydrogen-bond donors (Lipinski definition) is 3. The molecule has 12 heavy (non-hydrogen) atoms. The summed E-state index contributed by atoms with van der Waals surface area (Å²) in [5, 5.41) is 19.4. The van der Waals surface area contributed by atoms with Gasteiger partial charge in [0.15, 0.2) is 0 Å². The van der Waals surface area contributed by atoms with E-state index in [1.54, 1.807) is 5.51 Å². The molecule has 0 radical (unpaired) electrons. The van der Waals surface area contributed by atoms with Crippen molar-refractivity contribution in [1.29, 1.82) is 0 Å². The molecule has 1 rings (SSSR count). The number of nitrogens with one attached hydrogen (secondary N) is 1. The van der Waals surface area contributed by atoms with E-state index in [9.17, 15) is 4.79 Å². The van der Waals surface area contributed by atoms with Gasteiger partial charge in [0.25, 0.3) is 0 Å². The fraction of sp³-hybridized carbons (Fsp3) is 0.400. The van der Waals surface area contributed by atoms with Gasteiger partial charge >= 0.3 is 0 Å². The predicted molar refractivity (Wildman–Crippen MR) is 43.6 cm³/mol. The van der Waals surface area contributed by atoms with E-state index in [1.807, 2.05) is 0 Å². The molecule has 4 N–H and O–H groups in total. The largest absolute Gasteiger partial charge is 0.381 e. The highest BCUT2D eigenvalue weighted by molar-refractivity contribution is 7.13. The first-order valence-electron chi connectivity index (χ1n) is 3.17. The zero-order chi connectivity index (χ0) is 8.97. The van der Waals surface area contributed by atoms with Crippen LogP contribution < -0.4 is 11.1 Å². The van der Waals surface area contributed by atoms with Gasteiger partial charge in [-0.3, -0.25) is 4.79 Å². The van der Waals surface area contributed by atoms with E-state index < -0.39 is 12.0 Å². The van der Waals surface area contributed by atoms with E-state index in [0.717, 1.165) is 0 Å². The molecule has 1 heterocycles. The quantitative estimate of drug-likeness (QED) is 0.550. The third-order valence-corrected chi connectivity index (χ3v) is 1.78. The van der Waals surface area contributed by atoms with Crippen molar-refractivity contribution in [2.24, 2.45) is 5.73 Å². The predicted octanol–water partition coefficient (Wildman–Crippen LogP) is -1.20. The van der Waals surface area contributed by atoms with Crippen molar-refractivity contribution >= 4 is 22.4 Å². The van der Waals surface area contributed by atoms with Gasteiger partial charge < -0.3 is 16.2 Å². The number of carbonyl (C=O) groups is 1. The standard InChI is InChI=1S/C5H8N4O2S/c6-4(11)3(10)1-7-5-9-8-2-12-5/h2-3,10H,1H2,(H2,6,11)(H,7,9). The minimum Gasteiger partial charge on any atom is -0.381 e. The molecule has 0 fully saturated rings. The summed E-state index contributed by atoms with van der Waals surface area (Å²) in [6.07, 6.45) is -1.19. The number of aliphatic hydroxyl groups excluding tert-OH is 1. The molecule has 0 bridgehead atoms. The van der Waals surface area contributed by atoms with Crippen LogP contribution >= 0.6 is 11.3 Å². The third-order valence-electron chi connectivity index (χ3n) is 1.14. The SMILES string of the molecule is NC(=O)C(O)CNc1nncs1. The average molecular weight is 188 g/mol. The molecule has 1 unspecified atom stereocenters. The van der Waals surface area contributed by atoms with Crippen molar-refractivity contribution in [3.8, 4) is 0 Å². The minimum absolute atomic E-state index is 0.0600. The van der Waals surface area contributed by atoms with Gasteiger partial charge in [0, 0.05) is 0 Å². The number of carbonyl (C=O) groups excluding carboxylic acids is 1. The normalized spacial score (nSPS) is 12.4. The number of aliphatic hydroxyl groups is 1. The number of hydrogen-bond acceptors (Lipinski definition) is 6. The maximum absolute atomic E-state index is 10.4. The minimum atomic E-state index is -1.19. The fourth-order valence-electron chi connectivity index (χ4n) is 0.535. The Morgan fingerprint density at radius 1 is 1.92 bits per heavy atom. The van der Waals surface area contributed by atoms with Gasteiger partial charge in [-0.25, -0.2) is 0 Å². The number of amides is 1. The summed E-state index contributed by atoms with van der Waals surface area (Å²) in [5.41, 5.74) is 6.35. The van der Waals surface area contributed by atoms with Crippen LogP contribution in [0.15, 0.2) is 5.51 Å². The molecule has 0 aliphatic carbocycles. The Labute approximate surface area is 72.4 Å². The second-order valence-corrected chi connectivity index (χ2v) is 2.88. The summed E-state index contributed by atoms with van der Waals surface area (Å²) in [6.45, 7) is 0.0600. The van der Waals surface area contributed by atoms with E-state index in [4.69, 9.17) is 10.8 Å². The van der Waals surface area contributed by atoms with Crippen molar-refractivity contribution in [1.82, 2.24) is 10.2 Å². The molecule has 0 saturated heterocycles. The molecule has 0 aliphatic rings. The van der Waals surface area contributed by atoms with Crippen LogP contribution in [-0.2, 0) is 4.79 Å². The topological polar surface area (TPSA) is 101 Å². The number of aromatic nitrogens is 2. The van der Waals surface area contributed by atoms with Crippen LogP contribution in [0, 0.1) is 0 Å². The van der Waals surface area contributed by atoms with Crippen LogP contribution in [0.2, 0.25) is 0 Å². The van der Waals surface area contributed by atoms with Crippen molar-refractivity contribution in [3.05, 3.63) is 5.51 Å². The Morgan fingerprint density at radius 3 is 3.17 bits per heavy atom. The molecular weight excluding hydrogens is 180 g/mol. The lowest BCUT2D eigenvalue weighted by molar-refractivity contribution is -0.125. The number of nitrogens with zero attached hydrogens (tertiary/aromatic N) is 2. The molecule has 7 heteroatoms. The Balaban J connectivity index is 2.31. The summed E-state index contributed by atoms with van der Waals surface area (Å²) < 4.78 is 0. The number of primary amides is 1. The van der Waals surface area contributed by atoms with Crippen LogP contribution in [0.1, 0.15) is 0 Å². The van der Waals surface area contributed by atoms with Crippen molar-refractivity contribution in [2.45, 2.75) is 6.10 Å². The second kappa shape index (κ2) is 3.98. The lowest BCUT2D eigenvalue weighted by atomic mass is 10.3. The molecule has 1 atom stereocenters. The maximum Gasteiger partial charge on any atom is 0.248 e. The molecule has 1 aromatic heterocycles. The van der Waals surface area contributed by atoms with Crippen LogP contribution in [0.5, 0.6) is 0 Å². The summed E-state index contributed by atoms with van der Waals surface area (Å²) in [4.78, 5) is 10.4. The molecule has 6 nitrogen and oxygen atoms in total. The van der Waals surface area contributed by atoms with Crippen LogP contribution in [0.25, 0.3) is 0 Å². The number of anilines is 1. The summed E-state index contributed by atoms with van der Waals surface area (Å²) in [7, 11) is 0. The van der Waals surface area contributed by atoms with Gasteiger partial charge in [-0.1, -0.05) is 11.3 Å². The fourth-order valence-corrected chi connectivity index (χ4v) is 0.990. The number of nitrogens with two attached hydrogens (primary N) is 1. The first-order chi connectivity index (χ1) is 5.70. The number of rotatable bonds is 4. The lowest BCUT2D eigenvalue weighted by Gasteiger charge is -2.05. The van der Waals surface area contributed by atoms with Gasteiger partial charge in [0.2, 0.25) is 11.0 Å². The maximum atomic E-state index is 10.4. The van der Waals surface area contributed by atoms with E-state index >= 15 is 0 Å². The summed E-state index contributed by atoms with van der Waals surface area (Å²) in [5.74, 6) is -0.757. The molecule has 1 aromatic rings. The van der Waals surface area contributed by atoms with Crippen LogP contribution in [-0.4, -0.2) is 33.9 Å². The van der Waals surface area contributed by atoms with Crippen LogP contribution in [0.4, 0.5) is 5.13 Å². The Morgan fingerprint density at radius 2 is 2.67 bits per heavy atom. The van der Waals surface area contributed by atoms with Gasteiger partial charge in [0.05, 0.1) is 6.54 Å². The molecule has 0 aliphatic heterocycles. The summed E-state index contributed by atoms with van der Waals surface area (Å²) in [6, 6.07) is 0. The van der Waals surface area contributed by atoms with E-state index in [0.29, 0.717) is 5.13 Å². The molecule has 0 saturated carbocycles. The van der Waals surface area contributed by atoms with Gasteiger partial charge in [-0.05, 0) is 0 Å². The molecule has 0 spiro atoms. The molecule has 66 valence electrons. The zero-order valence-corrected chi connectivity index (χ0v) is 6.91. The second-order valence-electron chi connectivity index (χ2n) is 2.04. The molecule has 1 amide bonds. The van der Waals surface area contributed by atoms with Gasteiger partial charge in [0.1, 0.15) is 11.6 Å². The highest BCUT2D eigenvalue weighted by Gasteiger charge is 2.10. The van der Waals surface area contributed by atoms with E-state index in [-0.39, 0.29) is 6.54 Å². The average Bonchev–Trinajstić information content (AvgIpc) is 2.51. The third kappa shape index (κ3) is 2.44. The van der Waals surface area contributed by atoms with E-state index in [1.165, 1.54) is 11.3 Å². The van der Waals surface area contributed by atoms with Crippen molar-refractivity contribution in [3.63, 3.8) is 0 Å². The smallest absolute Gasteiger partial charge is 0.248 e. The monoisotopic (exact) mass is 188 g/mol. The van der Waals surface area contributed by atoms with Gasteiger partial charge in [-0.2, -0.15) is 0 Å². The van der Waals surface area contributed by atoms with Gasteiger partial charge in [-0.15, -0.1) is 10.2 Å². The Kier molecular flexibility index (Phi) is 2.94.